The zero-order valence-corrected chi connectivity index (χ0v) is 22.6. The number of carbonyl (C=O) groups is 1. The molecule has 1 amide bonds. The summed E-state index contributed by atoms with van der Waals surface area (Å²) in [5, 5.41) is 0. The number of fused-ring (bicyclic) bond motifs is 1. The lowest BCUT2D eigenvalue weighted by molar-refractivity contribution is 0.0715. The molecule has 0 saturated carbocycles. The highest BCUT2D eigenvalue weighted by Gasteiger charge is 2.26. The van der Waals surface area contributed by atoms with Crippen LogP contribution in [-0.4, -0.2) is 44.9 Å². The van der Waals surface area contributed by atoms with Crippen LogP contribution in [0.25, 0.3) is 11.0 Å². The van der Waals surface area contributed by atoms with E-state index in [2.05, 4.69) is 62.3 Å². The molecule has 3 aromatic rings. The van der Waals surface area contributed by atoms with Gasteiger partial charge in [0, 0.05) is 31.7 Å². The molecule has 36 heavy (non-hydrogen) atoms. The summed E-state index contributed by atoms with van der Waals surface area (Å²) in [6, 6.07) is 12.6. The Labute approximate surface area is 215 Å². The van der Waals surface area contributed by atoms with Crippen molar-refractivity contribution in [1.29, 1.82) is 0 Å². The van der Waals surface area contributed by atoms with E-state index >= 15 is 0 Å². The van der Waals surface area contributed by atoms with Crippen LogP contribution in [0.2, 0.25) is 0 Å². The van der Waals surface area contributed by atoms with Crippen molar-refractivity contribution in [1.82, 2.24) is 19.4 Å². The zero-order chi connectivity index (χ0) is 25.9. The number of aromatic nitrogens is 2. The lowest BCUT2D eigenvalue weighted by Gasteiger charge is -2.38. The van der Waals surface area contributed by atoms with Gasteiger partial charge in [-0.05, 0) is 73.0 Å². The molecular weight excluding hydrogens is 451 g/mol. The monoisotopic (exact) mass is 492 g/mol. The van der Waals surface area contributed by atoms with Gasteiger partial charge in [0.25, 0.3) is 5.91 Å². The van der Waals surface area contributed by atoms with Crippen molar-refractivity contribution in [2.45, 2.75) is 73.5 Å². The van der Waals surface area contributed by atoms with Gasteiger partial charge in [-0.25, -0.2) is 9.37 Å². The first-order chi connectivity index (χ1) is 17.1. The summed E-state index contributed by atoms with van der Waals surface area (Å²) >= 11 is 0. The van der Waals surface area contributed by atoms with Gasteiger partial charge in [0.1, 0.15) is 11.6 Å². The van der Waals surface area contributed by atoms with Crippen LogP contribution < -0.4 is 0 Å². The van der Waals surface area contributed by atoms with Gasteiger partial charge in [-0.15, -0.1) is 0 Å². The minimum absolute atomic E-state index is 0.160. The van der Waals surface area contributed by atoms with Crippen molar-refractivity contribution in [3.8, 4) is 0 Å². The molecule has 0 radical (unpaired) electrons. The molecule has 1 aliphatic rings. The number of piperidine rings is 1. The largest absolute Gasteiger partial charge is 0.331 e. The number of carbonyl (C=O) groups excluding carboxylic acids is 1. The average molecular weight is 493 g/mol. The molecule has 1 aromatic heterocycles. The van der Waals surface area contributed by atoms with Crippen molar-refractivity contribution in [3.05, 3.63) is 65.2 Å². The van der Waals surface area contributed by atoms with Crippen molar-refractivity contribution in [2.24, 2.45) is 11.3 Å². The number of benzene rings is 2. The van der Waals surface area contributed by atoms with Gasteiger partial charge in [0.05, 0.1) is 17.6 Å². The van der Waals surface area contributed by atoms with Crippen molar-refractivity contribution in [3.63, 3.8) is 0 Å². The molecule has 1 saturated heterocycles. The first-order valence-corrected chi connectivity index (χ1v) is 13.4. The number of imidazole rings is 1. The second-order valence-corrected chi connectivity index (χ2v) is 11.6. The Morgan fingerprint density at radius 2 is 2.00 bits per heavy atom. The van der Waals surface area contributed by atoms with Crippen LogP contribution in [0.4, 0.5) is 4.39 Å². The number of hydrogen-bond acceptors (Lipinski definition) is 3. The Morgan fingerprint density at radius 3 is 2.69 bits per heavy atom. The Morgan fingerprint density at radius 1 is 1.19 bits per heavy atom. The first-order valence-electron chi connectivity index (χ1n) is 13.4. The highest BCUT2D eigenvalue weighted by atomic mass is 19.1. The normalized spacial score (nSPS) is 16.1. The van der Waals surface area contributed by atoms with Crippen LogP contribution in [0, 0.1) is 17.2 Å². The molecule has 4 rings (SSSR count). The molecule has 194 valence electrons. The van der Waals surface area contributed by atoms with Crippen LogP contribution in [0.3, 0.4) is 0 Å². The first kappa shape index (κ1) is 26.3. The van der Waals surface area contributed by atoms with Gasteiger partial charge in [0.2, 0.25) is 0 Å². The SMILES string of the molecule is CCCn1c(CN(CC(C)C)C(=O)c2cccc(F)c2)nc2cc(CN3CCCC(C)(C)C3)ccc21. The maximum Gasteiger partial charge on any atom is 0.254 e. The van der Waals surface area contributed by atoms with Gasteiger partial charge in [0.15, 0.2) is 0 Å². The summed E-state index contributed by atoms with van der Waals surface area (Å²) in [5.74, 6) is 0.611. The number of hydrogen-bond donors (Lipinski definition) is 0. The van der Waals surface area contributed by atoms with Gasteiger partial charge in [-0.1, -0.05) is 46.8 Å². The van der Waals surface area contributed by atoms with E-state index in [1.54, 1.807) is 12.1 Å². The number of halogens is 1. The van der Waals surface area contributed by atoms with Crippen LogP contribution in [0.15, 0.2) is 42.5 Å². The molecule has 1 aliphatic heterocycles. The van der Waals surface area contributed by atoms with Crippen LogP contribution in [0.5, 0.6) is 0 Å². The molecule has 2 heterocycles. The highest BCUT2D eigenvalue weighted by Crippen LogP contribution is 2.30. The standard InChI is InChI=1S/C30H41FN4O/c1-6-14-35-27-12-11-23(19-33-15-8-13-30(4,5)21-33)16-26(27)32-28(35)20-34(18-22(2)3)29(36)24-9-7-10-25(31)17-24/h7,9-12,16-17,22H,6,8,13-15,18-21H2,1-5H3. The molecule has 6 heteroatoms. The number of aryl methyl sites for hydroxylation is 1. The maximum absolute atomic E-state index is 13.8. The minimum Gasteiger partial charge on any atom is -0.331 e. The Bertz CT molecular complexity index is 1200. The van der Waals surface area contributed by atoms with E-state index < -0.39 is 5.82 Å². The van der Waals surface area contributed by atoms with E-state index in [4.69, 9.17) is 4.98 Å². The highest BCUT2D eigenvalue weighted by molar-refractivity contribution is 5.94. The molecule has 2 aromatic carbocycles. The van der Waals surface area contributed by atoms with E-state index in [1.807, 2.05) is 4.90 Å². The van der Waals surface area contributed by atoms with Crippen molar-refractivity contribution < 1.29 is 9.18 Å². The smallest absolute Gasteiger partial charge is 0.254 e. The fraction of sp³-hybridized carbons (Fsp3) is 0.533. The third-order valence-corrected chi connectivity index (χ3v) is 7.00. The summed E-state index contributed by atoms with van der Waals surface area (Å²) in [7, 11) is 0. The summed E-state index contributed by atoms with van der Waals surface area (Å²) in [4.78, 5) is 22.8. The number of likely N-dealkylation sites (tertiary alicyclic amines) is 1. The minimum atomic E-state index is -0.395. The molecule has 0 spiro atoms. The Kier molecular flexibility index (Phi) is 8.13. The summed E-state index contributed by atoms with van der Waals surface area (Å²) < 4.78 is 16.1. The fourth-order valence-electron chi connectivity index (χ4n) is 5.49. The molecule has 0 bridgehead atoms. The van der Waals surface area contributed by atoms with E-state index in [0.29, 0.717) is 24.1 Å². The molecule has 0 atom stereocenters. The Balaban J connectivity index is 1.62. The van der Waals surface area contributed by atoms with Crippen LogP contribution in [-0.2, 0) is 19.6 Å². The topological polar surface area (TPSA) is 41.4 Å². The van der Waals surface area contributed by atoms with E-state index in [0.717, 1.165) is 49.5 Å². The summed E-state index contributed by atoms with van der Waals surface area (Å²) in [5.41, 5.74) is 4.11. The van der Waals surface area contributed by atoms with E-state index in [-0.39, 0.29) is 11.8 Å². The van der Waals surface area contributed by atoms with Gasteiger partial charge < -0.3 is 9.47 Å². The van der Waals surface area contributed by atoms with Crippen molar-refractivity contribution >= 4 is 16.9 Å². The predicted octanol–water partition coefficient (Wildman–Crippen LogP) is 6.51. The lowest BCUT2D eigenvalue weighted by Crippen LogP contribution is -2.39. The quantitative estimate of drug-likeness (QED) is 0.342. The van der Waals surface area contributed by atoms with Gasteiger partial charge >= 0.3 is 0 Å². The molecule has 1 fully saturated rings. The van der Waals surface area contributed by atoms with Gasteiger partial charge in [-0.2, -0.15) is 0 Å². The van der Waals surface area contributed by atoms with Crippen LogP contribution in [0.1, 0.15) is 75.6 Å². The molecular formula is C30H41FN4O. The third kappa shape index (κ3) is 6.33. The fourth-order valence-corrected chi connectivity index (χ4v) is 5.49. The predicted molar refractivity (Wildman–Crippen MR) is 144 cm³/mol. The second-order valence-electron chi connectivity index (χ2n) is 11.6. The van der Waals surface area contributed by atoms with Crippen LogP contribution >= 0.6 is 0 Å². The number of nitrogens with zero attached hydrogens (tertiary/aromatic N) is 4. The average Bonchev–Trinajstić information content (AvgIpc) is 3.13. The Hall–Kier alpha value is -2.73. The summed E-state index contributed by atoms with van der Waals surface area (Å²) in [6.45, 7) is 16.1. The van der Waals surface area contributed by atoms with Crippen molar-refractivity contribution in [2.75, 3.05) is 19.6 Å². The van der Waals surface area contributed by atoms with E-state index in [1.165, 1.54) is 30.5 Å². The number of rotatable bonds is 9. The molecule has 5 nitrogen and oxygen atoms in total. The third-order valence-electron chi connectivity index (χ3n) is 7.00. The molecule has 0 N–H and O–H groups in total. The van der Waals surface area contributed by atoms with Gasteiger partial charge in [-0.3, -0.25) is 9.69 Å². The van der Waals surface area contributed by atoms with E-state index in [9.17, 15) is 9.18 Å². The molecule has 0 unspecified atom stereocenters. The second kappa shape index (κ2) is 11.1. The lowest BCUT2D eigenvalue weighted by atomic mass is 9.84. The number of amides is 1. The molecule has 0 aliphatic carbocycles. The maximum atomic E-state index is 13.8. The zero-order valence-electron chi connectivity index (χ0n) is 22.6. The summed E-state index contributed by atoms with van der Waals surface area (Å²) in [6.07, 6.45) is 3.51.